The maximum absolute atomic E-state index is 13.2. The Morgan fingerprint density at radius 2 is 1.62 bits per heavy atom. The number of likely N-dealkylation sites (tertiary alicyclic amines) is 1. The largest absolute Gasteiger partial charge is 0.354 e. The number of sulfonamides is 1. The summed E-state index contributed by atoms with van der Waals surface area (Å²) in [4.78, 5) is 27.7. The molecule has 0 aromatic heterocycles. The van der Waals surface area contributed by atoms with Crippen molar-refractivity contribution in [3.8, 4) is 0 Å². The summed E-state index contributed by atoms with van der Waals surface area (Å²) in [7, 11) is -3.77. The minimum Gasteiger partial charge on any atom is -0.354 e. The molecule has 1 aliphatic rings. The zero-order chi connectivity index (χ0) is 24.0. The van der Waals surface area contributed by atoms with Gasteiger partial charge in [0.15, 0.2) is 0 Å². The fraction of sp³-hybridized carbons (Fsp3) is 0.231. The van der Waals surface area contributed by atoms with E-state index in [0.29, 0.717) is 25.1 Å². The summed E-state index contributed by atoms with van der Waals surface area (Å²) in [6.07, 6.45) is 2.06. The molecule has 1 atom stereocenters. The number of carbonyl (C=O) groups is 2. The highest BCUT2D eigenvalue weighted by molar-refractivity contribution is 7.92. The summed E-state index contributed by atoms with van der Waals surface area (Å²) in [5.41, 5.74) is 1.76. The van der Waals surface area contributed by atoms with Crippen LogP contribution in [0.15, 0.2) is 89.8 Å². The molecule has 1 aliphatic heterocycles. The first-order valence-corrected chi connectivity index (χ1v) is 12.7. The maximum atomic E-state index is 13.2. The quantitative estimate of drug-likeness (QED) is 0.520. The Morgan fingerprint density at radius 1 is 0.912 bits per heavy atom. The molecule has 3 aromatic carbocycles. The number of benzene rings is 3. The standard InChI is InChI=1S/C26H27N3O4S/c30-25(27-17-16-20-9-3-1-4-10-20)24-15-8-18-29(24)26(31)21-11-7-12-22(19-21)28-34(32,33)23-13-5-2-6-14-23/h1-7,9-14,19,24,28H,8,15-18H2,(H,27,30). The second kappa shape index (κ2) is 10.5. The number of nitrogens with zero attached hydrogens (tertiary/aromatic N) is 1. The lowest BCUT2D eigenvalue weighted by Crippen LogP contribution is -2.46. The molecule has 0 bridgehead atoms. The first kappa shape index (κ1) is 23.5. The van der Waals surface area contributed by atoms with Crippen LogP contribution < -0.4 is 10.0 Å². The lowest BCUT2D eigenvalue weighted by molar-refractivity contribution is -0.124. The van der Waals surface area contributed by atoms with Crippen LogP contribution in [0.5, 0.6) is 0 Å². The second-order valence-electron chi connectivity index (χ2n) is 8.18. The van der Waals surface area contributed by atoms with Crippen LogP contribution in [0.2, 0.25) is 0 Å². The second-order valence-corrected chi connectivity index (χ2v) is 9.86. The molecule has 8 heteroatoms. The van der Waals surface area contributed by atoms with Crippen LogP contribution >= 0.6 is 0 Å². The highest BCUT2D eigenvalue weighted by atomic mass is 32.2. The average molecular weight is 478 g/mol. The number of amides is 2. The average Bonchev–Trinajstić information content (AvgIpc) is 3.35. The van der Waals surface area contributed by atoms with Crippen molar-refractivity contribution in [2.24, 2.45) is 0 Å². The SMILES string of the molecule is O=C(NCCc1ccccc1)C1CCCN1C(=O)c1cccc(NS(=O)(=O)c2ccccc2)c1. The van der Waals surface area contributed by atoms with Crippen LogP contribution in [0.25, 0.3) is 0 Å². The molecule has 1 heterocycles. The predicted molar refractivity (Wildman–Crippen MR) is 131 cm³/mol. The van der Waals surface area contributed by atoms with Crippen LogP contribution in [0.3, 0.4) is 0 Å². The number of nitrogens with one attached hydrogen (secondary N) is 2. The van der Waals surface area contributed by atoms with Crippen molar-refractivity contribution < 1.29 is 18.0 Å². The maximum Gasteiger partial charge on any atom is 0.261 e. The molecular weight excluding hydrogens is 450 g/mol. The molecule has 0 spiro atoms. The van der Waals surface area contributed by atoms with Gasteiger partial charge < -0.3 is 10.2 Å². The predicted octanol–water partition coefficient (Wildman–Crippen LogP) is 3.45. The Hall–Kier alpha value is -3.65. The van der Waals surface area contributed by atoms with E-state index in [-0.39, 0.29) is 22.4 Å². The van der Waals surface area contributed by atoms with Gasteiger partial charge in [-0.3, -0.25) is 14.3 Å². The fourth-order valence-electron chi connectivity index (χ4n) is 4.07. The summed E-state index contributed by atoms with van der Waals surface area (Å²) in [6.45, 7) is 0.980. The zero-order valence-electron chi connectivity index (χ0n) is 18.7. The minimum atomic E-state index is -3.77. The summed E-state index contributed by atoms with van der Waals surface area (Å²) >= 11 is 0. The highest BCUT2D eigenvalue weighted by Gasteiger charge is 2.34. The molecule has 2 N–H and O–H groups in total. The first-order chi connectivity index (χ1) is 16.4. The summed E-state index contributed by atoms with van der Waals surface area (Å²) in [5.74, 6) is -0.454. The van der Waals surface area contributed by atoms with Gasteiger partial charge in [0, 0.05) is 24.3 Å². The van der Waals surface area contributed by atoms with Crippen LogP contribution in [0.1, 0.15) is 28.8 Å². The monoisotopic (exact) mass is 477 g/mol. The Balaban J connectivity index is 1.41. The molecule has 3 aromatic rings. The van der Waals surface area contributed by atoms with E-state index < -0.39 is 16.1 Å². The smallest absolute Gasteiger partial charge is 0.261 e. The van der Waals surface area contributed by atoms with Crippen molar-refractivity contribution in [2.75, 3.05) is 17.8 Å². The molecule has 1 saturated heterocycles. The third kappa shape index (κ3) is 5.63. The van der Waals surface area contributed by atoms with Crippen molar-refractivity contribution >= 4 is 27.5 Å². The Labute approximate surface area is 199 Å². The molecule has 1 fully saturated rings. The summed E-state index contributed by atoms with van der Waals surface area (Å²) in [6, 6.07) is 23.7. The fourth-order valence-corrected chi connectivity index (χ4v) is 5.14. The Kier molecular flexibility index (Phi) is 7.27. The Morgan fingerprint density at radius 3 is 2.35 bits per heavy atom. The van der Waals surface area contributed by atoms with Crippen molar-refractivity contribution in [2.45, 2.75) is 30.2 Å². The number of hydrogen-bond donors (Lipinski definition) is 2. The molecule has 2 amide bonds. The number of anilines is 1. The van der Waals surface area contributed by atoms with Crippen LogP contribution in [0.4, 0.5) is 5.69 Å². The van der Waals surface area contributed by atoms with Gasteiger partial charge in [0.2, 0.25) is 5.91 Å². The van der Waals surface area contributed by atoms with Crippen LogP contribution in [-0.4, -0.2) is 44.3 Å². The van der Waals surface area contributed by atoms with Gasteiger partial charge >= 0.3 is 0 Å². The van der Waals surface area contributed by atoms with Gasteiger partial charge in [0.25, 0.3) is 15.9 Å². The Bertz CT molecular complexity index is 1250. The van der Waals surface area contributed by atoms with Gasteiger partial charge in [-0.1, -0.05) is 54.6 Å². The third-order valence-corrected chi connectivity index (χ3v) is 7.18. The molecule has 0 saturated carbocycles. The van der Waals surface area contributed by atoms with Gasteiger partial charge in [-0.25, -0.2) is 8.42 Å². The van der Waals surface area contributed by atoms with Crippen LogP contribution in [0, 0.1) is 0 Å². The molecule has 176 valence electrons. The van der Waals surface area contributed by atoms with E-state index in [4.69, 9.17) is 0 Å². The third-order valence-electron chi connectivity index (χ3n) is 5.79. The van der Waals surface area contributed by atoms with E-state index in [1.807, 2.05) is 30.3 Å². The van der Waals surface area contributed by atoms with Crippen molar-refractivity contribution in [1.82, 2.24) is 10.2 Å². The highest BCUT2D eigenvalue weighted by Crippen LogP contribution is 2.23. The van der Waals surface area contributed by atoms with Crippen molar-refractivity contribution in [1.29, 1.82) is 0 Å². The van der Waals surface area contributed by atoms with Crippen molar-refractivity contribution in [3.63, 3.8) is 0 Å². The molecule has 7 nitrogen and oxygen atoms in total. The van der Waals surface area contributed by atoms with E-state index >= 15 is 0 Å². The number of hydrogen-bond acceptors (Lipinski definition) is 4. The molecule has 1 unspecified atom stereocenters. The summed E-state index contributed by atoms with van der Waals surface area (Å²) < 4.78 is 27.8. The van der Waals surface area contributed by atoms with Gasteiger partial charge in [0.1, 0.15) is 6.04 Å². The van der Waals surface area contributed by atoms with Gasteiger partial charge in [-0.2, -0.15) is 0 Å². The van der Waals surface area contributed by atoms with Gasteiger partial charge in [-0.05, 0) is 55.2 Å². The van der Waals surface area contributed by atoms with Gasteiger partial charge in [-0.15, -0.1) is 0 Å². The molecule has 0 aliphatic carbocycles. The molecular formula is C26H27N3O4S. The van der Waals surface area contributed by atoms with E-state index in [1.54, 1.807) is 41.3 Å². The molecule has 0 radical (unpaired) electrons. The number of rotatable bonds is 8. The van der Waals surface area contributed by atoms with E-state index in [9.17, 15) is 18.0 Å². The molecule has 4 rings (SSSR count). The van der Waals surface area contributed by atoms with Gasteiger partial charge in [0.05, 0.1) is 4.90 Å². The summed E-state index contributed by atoms with van der Waals surface area (Å²) in [5, 5.41) is 2.95. The topological polar surface area (TPSA) is 95.6 Å². The number of carbonyl (C=O) groups excluding carboxylic acids is 2. The normalized spacial score (nSPS) is 15.6. The van der Waals surface area contributed by atoms with Crippen LogP contribution in [-0.2, 0) is 21.2 Å². The van der Waals surface area contributed by atoms with E-state index in [1.165, 1.54) is 18.2 Å². The van der Waals surface area contributed by atoms with E-state index in [2.05, 4.69) is 10.0 Å². The lowest BCUT2D eigenvalue weighted by atomic mass is 10.1. The van der Waals surface area contributed by atoms with Crippen molar-refractivity contribution in [3.05, 3.63) is 96.1 Å². The lowest BCUT2D eigenvalue weighted by Gasteiger charge is -2.24. The first-order valence-electron chi connectivity index (χ1n) is 11.2. The minimum absolute atomic E-state index is 0.138. The zero-order valence-corrected chi connectivity index (χ0v) is 19.5. The molecule has 34 heavy (non-hydrogen) atoms. The van der Waals surface area contributed by atoms with E-state index in [0.717, 1.165) is 18.4 Å².